The molecule has 0 amide bonds. The SMILES string of the molecule is CCNCc1csc(S(=O)(=O)N2CCC(C)C(OC)C2)c1. The van der Waals surface area contributed by atoms with Crippen LogP contribution in [0.1, 0.15) is 25.8 Å². The van der Waals surface area contributed by atoms with Crippen molar-refractivity contribution in [3.8, 4) is 0 Å². The van der Waals surface area contributed by atoms with E-state index in [0.717, 1.165) is 18.5 Å². The number of hydrogen-bond donors (Lipinski definition) is 1. The van der Waals surface area contributed by atoms with Gasteiger partial charge in [0, 0.05) is 26.7 Å². The van der Waals surface area contributed by atoms with Crippen molar-refractivity contribution in [3.05, 3.63) is 17.0 Å². The van der Waals surface area contributed by atoms with Crippen LogP contribution in [0.25, 0.3) is 0 Å². The number of piperidine rings is 1. The molecule has 1 aromatic heterocycles. The second-order valence-electron chi connectivity index (χ2n) is 5.46. The van der Waals surface area contributed by atoms with Crippen molar-refractivity contribution >= 4 is 21.4 Å². The molecule has 2 heterocycles. The maximum Gasteiger partial charge on any atom is 0.252 e. The highest BCUT2D eigenvalue weighted by molar-refractivity contribution is 7.91. The van der Waals surface area contributed by atoms with Gasteiger partial charge in [0.1, 0.15) is 4.21 Å². The average molecular weight is 332 g/mol. The number of hydrogen-bond acceptors (Lipinski definition) is 5. The monoisotopic (exact) mass is 332 g/mol. The van der Waals surface area contributed by atoms with Gasteiger partial charge in [-0.25, -0.2) is 8.42 Å². The van der Waals surface area contributed by atoms with Crippen molar-refractivity contribution in [1.82, 2.24) is 9.62 Å². The number of ether oxygens (including phenoxy) is 1. The number of nitrogens with zero attached hydrogens (tertiary/aromatic N) is 1. The van der Waals surface area contributed by atoms with Crippen LogP contribution in [0.3, 0.4) is 0 Å². The summed E-state index contributed by atoms with van der Waals surface area (Å²) in [5, 5.41) is 5.12. The Bertz CT molecular complexity index is 556. The zero-order valence-corrected chi connectivity index (χ0v) is 14.5. The van der Waals surface area contributed by atoms with Crippen LogP contribution in [-0.4, -0.2) is 45.6 Å². The standard InChI is InChI=1S/C14H24N2O3S2/c1-4-15-8-12-7-14(20-10-12)21(17,18)16-6-5-11(2)13(9-16)19-3/h7,10-11,13,15H,4-6,8-9H2,1-3H3. The van der Waals surface area contributed by atoms with Gasteiger partial charge in [0.25, 0.3) is 10.0 Å². The Labute approximate surface area is 131 Å². The molecule has 2 unspecified atom stereocenters. The van der Waals surface area contributed by atoms with Crippen molar-refractivity contribution in [3.63, 3.8) is 0 Å². The van der Waals surface area contributed by atoms with Gasteiger partial charge in [0.2, 0.25) is 0 Å². The number of thiophene rings is 1. The summed E-state index contributed by atoms with van der Waals surface area (Å²) in [5.41, 5.74) is 1.02. The highest BCUT2D eigenvalue weighted by atomic mass is 32.2. The van der Waals surface area contributed by atoms with E-state index in [4.69, 9.17) is 4.74 Å². The molecule has 2 rings (SSSR count). The Balaban J connectivity index is 2.12. The summed E-state index contributed by atoms with van der Waals surface area (Å²) >= 11 is 1.30. The van der Waals surface area contributed by atoms with Gasteiger partial charge in [0.15, 0.2) is 0 Å². The third kappa shape index (κ3) is 3.84. The number of nitrogens with one attached hydrogen (secondary N) is 1. The zero-order chi connectivity index (χ0) is 15.5. The second kappa shape index (κ2) is 7.19. The molecule has 0 spiro atoms. The van der Waals surface area contributed by atoms with Gasteiger partial charge in [-0.15, -0.1) is 11.3 Å². The molecule has 1 saturated heterocycles. The molecule has 21 heavy (non-hydrogen) atoms. The first-order valence-electron chi connectivity index (χ1n) is 7.30. The van der Waals surface area contributed by atoms with Gasteiger partial charge in [-0.05, 0) is 35.9 Å². The molecule has 1 aliphatic rings. The molecule has 0 bridgehead atoms. The molecular weight excluding hydrogens is 308 g/mol. The maximum absolute atomic E-state index is 12.7. The molecule has 0 aliphatic carbocycles. The van der Waals surface area contributed by atoms with E-state index in [-0.39, 0.29) is 6.10 Å². The summed E-state index contributed by atoms with van der Waals surface area (Å²) < 4.78 is 32.8. The van der Waals surface area contributed by atoms with Crippen LogP contribution in [0.2, 0.25) is 0 Å². The minimum absolute atomic E-state index is 0.0188. The van der Waals surface area contributed by atoms with Gasteiger partial charge in [-0.3, -0.25) is 0 Å². The van der Waals surface area contributed by atoms with Crippen molar-refractivity contribution in [2.75, 3.05) is 26.7 Å². The van der Waals surface area contributed by atoms with Crippen LogP contribution in [0, 0.1) is 5.92 Å². The van der Waals surface area contributed by atoms with Gasteiger partial charge in [-0.1, -0.05) is 13.8 Å². The molecule has 0 aromatic carbocycles. The van der Waals surface area contributed by atoms with Gasteiger partial charge < -0.3 is 10.1 Å². The first-order chi connectivity index (χ1) is 9.98. The zero-order valence-electron chi connectivity index (χ0n) is 12.8. The summed E-state index contributed by atoms with van der Waals surface area (Å²) in [6.07, 6.45) is 0.822. The fourth-order valence-electron chi connectivity index (χ4n) is 2.51. The first kappa shape index (κ1) is 16.9. The molecule has 0 saturated carbocycles. The molecule has 1 N–H and O–H groups in total. The van der Waals surface area contributed by atoms with Crippen molar-refractivity contribution in [2.45, 2.75) is 37.1 Å². The van der Waals surface area contributed by atoms with E-state index in [2.05, 4.69) is 12.2 Å². The van der Waals surface area contributed by atoms with Crippen LogP contribution in [0.15, 0.2) is 15.7 Å². The lowest BCUT2D eigenvalue weighted by atomic mass is 9.97. The number of rotatable bonds is 6. The largest absolute Gasteiger partial charge is 0.380 e. The number of sulfonamides is 1. The van der Waals surface area contributed by atoms with Crippen molar-refractivity contribution in [2.24, 2.45) is 5.92 Å². The van der Waals surface area contributed by atoms with Gasteiger partial charge in [-0.2, -0.15) is 4.31 Å². The van der Waals surface area contributed by atoms with E-state index in [9.17, 15) is 8.42 Å². The molecule has 1 aliphatic heterocycles. The van der Waals surface area contributed by atoms with Gasteiger partial charge >= 0.3 is 0 Å². The van der Waals surface area contributed by atoms with Crippen LogP contribution >= 0.6 is 11.3 Å². The van der Waals surface area contributed by atoms with E-state index in [0.29, 0.717) is 29.8 Å². The topological polar surface area (TPSA) is 58.6 Å². The molecule has 2 atom stereocenters. The lowest BCUT2D eigenvalue weighted by Gasteiger charge is -2.35. The summed E-state index contributed by atoms with van der Waals surface area (Å²) in [6.45, 7) is 6.74. The second-order valence-corrected chi connectivity index (χ2v) is 8.53. The minimum Gasteiger partial charge on any atom is -0.380 e. The molecule has 7 heteroatoms. The summed E-state index contributed by atoms with van der Waals surface area (Å²) in [4.78, 5) is 0. The Kier molecular flexibility index (Phi) is 5.79. The summed E-state index contributed by atoms with van der Waals surface area (Å²) in [6, 6.07) is 1.78. The van der Waals surface area contributed by atoms with E-state index < -0.39 is 10.0 Å². The maximum atomic E-state index is 12.7. The number of methoxy groups -OCH3 is 1. The third-order valence-electron chi connectivity index (χ3n) is 3.96. The highest BCUT2D eigenvalue weighted by Crippen LogP contribution is 2.28. The fraction of sp³-hybridized carbons (Fsp3) is 0.714. The minimum atomic E-state index is -3.39. The smallest absolute Gasteiger partial charge is 0.252 e. The molecular formula is C14H24N2O3S2. The Morgan fingerprint density at radius 2 is 2.29 bits per heavy atom. The van der Waals surface area contributed by atoms with E-state index in [1.807, 2.05) is 12.3 Å². The lowest BCUT2D eigenvalue weighted by Crippen LogP contribution is -2.46. The molecule has 120 valence electrons. The lowest BCUT2D eigenvalue weighted by molar-refractivity contribution is 0.0184. The quantitative estimate of drug-likeness (QED) is 0.864. The fourth-order valence-corrected chi connectivity index (χ4v) is 5.34. The Morgan fingerprint density at radius 3 is 2.95 bits per heavy atom. The normalized spacial score (nSPS) is 24.3. The summed E-state index contributed by atoms with van der Waals surface area (Å²) in [5.74, 6) is 0.397. The Morgan fingerprint density at radius 1 is 1.52 bits per heavy atom. The predicted molar refractivity (Wildman–Crippen MR) is 85.0 cm³/mol. The molecule has 5 nitrogen and oxygen atoms in total. The average Bonchev–Trinajstić information content (AvgIpc) is 2.95. The predicted octanol–water partition coefficient (Wildman–Crippen LogP) is 1.90. The van der Waals surface area contributed by atoms with Crippen LogP contribution in [0.5, 0.6) is 0 Å². The van der Waals surface area contributed by atoms with Crippen LogP contribution in [-0.2, 0) is 21.3 Å². The third-order valence-corrected chi connectivity index (χ3v) is 7.29. The first-order valence-corrected chi connectivity index (χ1v) is 9.62. The molecule has 0 radical (unpaired) electrons. The highest BCUT2D eigenvalue weighted by Gasteiger charge is 2.34. The van der Waals surface area contributed by atoms with E-state index in [1.54, 1.807) is 17.5 Å². The molecule has 1 fully saturated rings. The van der Waals surface area contributed by atoms with E-state index in [1.165, 1.54) is 11.3 Å². The van der Waals surface area contributed by atoms with E-state index >= 15 is 0 Å². The van der Waals surface area contributed by atoms with Gasteiger partial charge in [0.05, 0.1) is 6.10 Å². The van der Waals surface area contributed by atoms with Crippen molar-refractivity contribution < 1.29 is 13.2 Å². The summed E-state index contributed by atoms with van der Waals surface area (Å²) in [7, 11) is -1.74. The molecule has 1 aromatic rings. The van der Waals surface area contributed by atoms with Crippen LogP contribution < -0.4 is 5.32 Å². The van der Waals surface area contributed by atoms with Crippen molar-refractivity contribution in [1.29, 1.82) is 0 Å². The Hall–Kier alpha value is -0.470. The van der Waals surface area contributed by atoms with Crippen LogP contribution in [0.4, 0.5) is 0 Å².